The van der Waals surface area contributed by atoms with Gasteiger partial charge >= 0.3 is 0 Å². The molecule has 3 heteroatoms. The van der Waals surface area contributed by atoms with E-state index in [1.165, 1.54) is 45.3 Å². The molecule has 0 radical (unpaired) electrons. The third kappa shape index (κ3) is 5.05. The third-order valence-electron chi connectivity index (χ3n) is 4.25. The molecule has 112 valence electrons. The van der Waals surface area contributed by atoms with Gasteiger partial charge in [-0.1, -0.05) is 0 Å². The van der Waals surface area contributed by atoms with Crippen LogP contribution in [0.3, 0.4) is 0 Å². The van der Waals surface area contributed by atoms with Gasteiger partial charge in [-0.25, -0.2) is 0 Å². The monoisotopic (exact) mass is 268 g/mol. The number of hydrogen-bond donors (Lipinski definition) is 1. The van der Waals surface area contributed by atoms with Gasteiger partial charge in [0.05, 0.1) is 11.2 Å². The number of piperidine rings is 1. The molecular formula is C16H32N2O. The van der Waals surface area contributed by atoms with E-state index in [1.807, 2.05) is 0 Å². The maximum absolute atomic E-state index is 6.14. The number of nitrogens with one attached hydrogen (secondary N) is 1. The van der Waals surface area contributed by atoms with Crippen LogP contribution in [-0.4, -0.2) is 48.8 Å². The second kappa shape index (κ2) is 6.11. The Balaban J connectivity index is 1.72. The van der Waals surface area contributed by atoms with Crippen LogP contribution in [0, 0.1) is 5.92 Å². The highest BCUT2D eigenvalue weighted by Crippen LogP contribution is 2.28. The Bertz CT molecular complexity index is 266. The lowest BCUT2D eigenvalue weighted by Crippen LogP contribution is -2.57. The molecule has 3 nitrogen and oxygen atoms in total. The minimum absolute atomic E-state index is 0.00581. The molecule has 0 aromatic carbocycles. The molecule has 2 fully saturated rings. The van der Waals surface area contributed by atoms with Crippen molar-refractivity contribution in [2.24, 2.45) is 5.92 Å². The number of rotatable bonds is 4. The number of nitrogens with zero attached hydrogens (tertiary/aromatic N) is 1. The molecule has 19 heavy (non-hydrogen) atoms. The van der Waals surface area contributed by atoms with Crippen molar-refractivity contribution in [1.29, 1.82) is 0 Å². The Morgan fingerprint density at radius 2 is 1.84 bits per heavy atom. The summed E-state index contributed by atoms with van der Waals surface area (Å²) < 4.78 is 6.14. The van der Waals surface area contributed by atoms with Gasteiger partial charge in [-0.2, -0.15) is 0 Å². The standard InChI is InChI=1S/C16H32N2O/c1-15(2)12-18(13-16(3,4)19-15)10-6-8-14-7-5-9-17-11-14/h14,17H,5-13H2,1-4H3. The lowest BCUT2D eigenvalue weighted by Gasteiger charge is -2.47. The molecule has 0 aliphatic carbocycles. The largest absolute Gasteiger partial charge is 0.367 e. The molecule has 2 aliphatic rings. The Labute approximate surface area is 119 Å². The summed E-state index contributed by atoms with van der Waals surface area (Å²) in [6.07, 6.45) is 5.50. The van der Waals surface area contributed by atoms with Crippen LogP contribution in [-0.2, 0) is 4.74 Å². The molecule has 2 rings (SSSR count). The fourth-order valence-electron chi connectivity index (χ4n) is 3.88. The molecule has 0 amide bonds. The topological polar surface area (TPSA) is 24.5 Å². The SMILES string of the molecule is CC1(C)CN(CCCC2CCCNC2)CC(C)(C)O1. The van der Waals surface area contributed by atoms with E-state index in [2.05, 4.69) is 37.9 Å². The van der Waals surface area contributed by atoms with Gasteiger partial charge in [-0.15, -0.1) is 0 Å². The lowest BCUT2D eigenvalue weighted by atomic mass is 9.94. The van der Waals surface area contributed by atoms with Crippen molar-refractivity contribution >= 4 is 0 Å². The first-order valence-electron chi connectivity index (χ1n) is 8.00. The van der Waals surface area contributed by atoms with Crippen molar-refractivity contribution < 1.29 is 4.74 Å². The van der Waals surface area contributed by atoms with Crippen LogP contribution in [0.25, 0.3) is 0 Å². The van der Waals surface area contributed by atoms with Gasteiger partial charge in [0.1, 0.15) is 0 Å². The van der Waals surface area contributed by atoms with E-state index < -0.39 is 0 Å². The minimum Gasteiger partial charge on any atom is -0.367 e. The van der Waals surface area contributed by atoms with Crippen LogP contribution in [0.5, 0.6) is 0 Å². The van der Waals surface area contributed by atoms with Crippen LogP contribution in [0.2, 0.25) is 0 Å². The van der Waals surface area contributed by atoms with Crippen molar-refractivity contribution in [3.05, 3.63) is 0 Å². The van der Waals surface area contributed by atoms with Crippen molar-refractivity contribution in [1.82, 2.24) is 10.2 Å². The molecule has 2 heterocycles. The maximum Gasteiger partial charge on any atom is 0.0760 e. The molecule has 1 atom stereocenters. The highest BCUT2D eigenvalue weighted by Gasteiger charge is 2.37. The smallest absolute Gasteiger partial charge is 0.0760 e. The lowest BCUT2D eigenvalue weighted by molar-refractivity contribution is -0.180. The summed E-state index contributed by atoms with van der Waals surface area (Å²) in [6, 6.07) is 0. The summed E-state index contributed by atoms with van der Waals surface area (Å²) in [4.78, 5) is 2.60. The van der Waals surface area contributed by atoms with Crippen LogP contribution >= 0.6 is 0 Å². The normalized spacial score (nSPS) is 31.3. The maximum atomic E-state index is 6.14. The van der Waals surface area contributed by atoms with Gasteiger partial charge in [-0.05, 0) is 78.9 Å². The van der Waals surface area contributed by atoms with Crippen LogP contribution in [0.1, 0.15) is 53.4 Å². The van der Waals surface area contributed by atoms with Gasteiger partial charge in [0.2, 0.25) is 0 Å². The Kier molecular flexibility index (Phi) is 4.91. The van der Waals surface area contributed by atoms with Gasteiger partial charge in [0.15, 0.2) is 0 Å². The van der Waals surface area contributed by atoms with E-state index in [-0.39, 0.29) is 11.2 Å². The van der Waals surface area contributed by atoms with E-state index >= 15 is 0 Å². The molecule has 0 aromatic rings. The fraction of sp³-hybridized carbons (Fsp3) is 1.00. The zero-order valence-corrected chi connectivity index (χ0v) is 13.3. The van der Waals surface area contributed by atoms with Gasteiger partial charge in [-0.3, -0.25) is 4.90 Å². The molecule has 0 spiro atoms. The molecule has 2 saturated heterocycles. The van der Waals surface area contributed by atoms with Gasteiger partial charge in [0, 0.05) is 13.1 Å². The quantitative estimate of drug-likeness (QED) is 0.848. The van der Waals surface area contributed by atoms with Gasteiger partial charge in [0.25, 0.3) is 0 Å². The molecule has 1 N–H and O–H groups in total. The first-order valence-corrected chi connectivity index (χ1v) is 8.00. The van der Waals surface area contributed by atoms with Crippen LogP contribution < -0.4 is 5.32 Å². The number of ether oxygens (including phenoxy) is 1. The number of morpholine rings is 1. The molecular weight excluding hydrogens is 236 g/mol. The highest BCUT2D eigenvalue weighted by molar-refractivity contribution is 4.89. The van der Waals surface area contributed by atoms with E-state index in [0.717, 1.165) is 19.0 Å². The van der Waals surface area contributed by atoms with E-state index in [9.17, 15) is 0 Å². The van der Waals surface area contributed by atoms with Gasteiger partial charge < -0.3 is 10.1 Å². The summed E-state index contributed by atoms with van der Waals surface area (Å²) in [5.41, 5.74) is -0.0116. The van der Waals surface area contributed by atoms with Crippen molar-refractivity contribution in [2.75, 3.05) is 32.7 Å². The van der Waals surface area contributed by atoms with Crippen molar-refractivity contribution in [2.45, 2.75) is 64.6 Å². The minimum atomic E-state index is -0.00581. The highest BCUT2D eigenvalue weighted by atomic mass is 16.5. The summed E-state index contributed by atoms with van der Waals surface area (Å²) in [5.74, 6) is 0.913. The third-order valence-corrected chi connectivity index (χ3v) is 4.25. The second-order valence-electron chi connectivity index (χ2n) is 7.69. The molecule has 0 aromatic heterocycles. The molecule has 0 bridgehead atoms. The second-order valence-corrected chi connectivity index (χ2v) is 7.69. The van der Waals surface area contributed by atoms with Crippen molar-refractivity contribution in [3.8, 4) is 0 Å². The Morgan fingerprint density at radius 1 is 1.16 bits per heavy atom. The molecule has 1 unspecified atom stereocenters. The summed E-state index contributed by atoms with van der Waals surface area (Å²) in [5, 5.41) is 3.52. The van der Waals surface area contributed by atoms with E-state index in [1.54, 1.807) is 0 Å². The average Bonchev–Trinajstić information content (AvgIpc) is 2.26. The van der Waals surface area contributed by atoms with E-state index in [0.29, 0.717) is 0 Å². The predicted molar refractivity (Wildman–Crippen MR) is 80.5 cm³/mol. The average molecular weight is 268 g/mol. The number of hydrogen-bond acceptors (Lipinski definition) is 3. The zero-order valence-electron chi connectivity index (χ0n) is 13.3. The van der Waals surface area contributed by atoms with E-state index in [4.69, 9.17) is 4.74 Å². The fourth-order valence-corrected chi connectivity index (χ4v) is 3.88. The Morgan fingerprint density at radius 3 is 2.42 bits per heavy atom. The summed E-state index contributed by atoms with van der Waals surface area (Å²) in [7, 11) is 0. The molecule has 2 aliphatic heterocycles. The molecule has 0 saturated carbocycles. The van der Waals surface area contributed by atoms with Crippen molar-refractivity contribution in [3.63, 3.8) is 0 Å². The van der Waals surface area contributed by atoms with Crippen LogP contribution in [0.15, 0.2) is 0 Å². The first kappa shape index (κ1) is 15.3. The first-order chi connectivity index (χ1) is 8.86. The summed E-state index contributed by atoms with van der Waals surface area (Å²) in [6.45, 7) is 14.7. The zero-order chi connectivity index (χ0) is 13.9. The van der Waals surface area contributed by atoms with Crippen LogP contribution in [0.4, 0.5) is 0 Å². The predicted octanol–water partition coefficient (Wildman–Crippen LogP) is 2.66. The summed E-state index contributed by atoms with van der Waals surface area (Å²) >= 11 is 0. The Hall–Kier alpha value is -0.120.